The maximum Gasteiger partial charge on any atom is 0.263 e. The number of anilines is 1. The van der Waals surface area contributed by atoms with Crippen LogP contribution in [0.3, 0.4) is 0 Å². The fraction of sp³-hybridized carbons (Fsp3) is 0.263. The number of carbonyl (C=O) groups is 1. The Morgan fingerprint density at radius 2 is 1.80 bits per heavy atom. The zero-order chi connectivity index (χ0) is 17.8. The number of methoxy groups -OCH3 is 1. The summed E-state index contributed by atoms with van der Waals surface area (Å²) >= 11 is 1.53. The van der Waals surface area contributed by atoms with Crippen molar-refractivity contribution in [2.24, 2.45) is 0 Å². The van der Waals surface area contributed by atoms with Crippen molar-refractivity contribution < 1.29 is 9.53 Å². The van der Waals surface area contributed by atoms with Gasteiger partial charge in [0.25, 0.3) is 5.91 Å². The Hall–Kier alpha value is -2.44. The van der Waals surface area contributed by atoms with Crippen LogP contribution < -0.4 is 9.64 Å². The highest BCUT2D eigenvalue weighted by Gasteiger charge is 2.23. The van der Waals surface area contributed by atoms with Crippen molar-refractivity contribution in [3.05, 3.63) is 54.1 Å². The van der Waals surface area contributed by atoms with Crippen molar-refractivity contribution in [3.63, 3.8) is 0 Å². The lowest BCUT2D eigenvalue weighted by molar-refractivity contribution is 0.0982. The molecule has 1 amide bonds. The minimum absolute atomic E-state index is 0.0987. The molecule has 0 aliphatic carbocycles. The summed E-state index contributed by atoms with van der Waals surface area (Å²) in [5.74, 6) is 0.474. The zero-order valence-electron chi connectivity index (χ0n) is 14.6. The van der Waals surface area contributed by atoms with Crippen LogP contribution in [0, 0.1) is 0 Å². The van der Waals surface area contributed by atoms with Crippen molar-refractivity contribution >= 4 is 32.6 Å². The molecular weight excluding hydrogens is 334 g/mol. The van der Waals surface area contributed by atoms with Crippen LogP contribution in [0.1, 0.15) is 10.4 Å². The van der Waals surface area contributed by atoms with E-state index >= 15 is 0 Å². The molecule has 0 saturated carbocycles. The summed E-state index contributed by atoms with van der Waals surface area (Å²) in [6.45, 7) is 1.31. The molecule has 0 spiro atoms. The minimum atomic E-state index is -0.0987. The number of rotatable bonds is 6. The first-order valence-electron chi connectivity index (χ1n) is 8.05. The lowest BCUT2D eigenvalue weighted by Crippen LogP contribution is -2.36. The number of thiazole rings is 1. The van der Waals surface area contributed by atoms with Gasteiger partial charge < -0.3 is 9.64 Å². The second-order valence-electron chi connectivity index (χ2n) is 5.92. The number of fused-ring (bicyclic) bond motifs is 1. The molecule has 1 heterocycles. The third-order valence-corrected chi connectivity index (χ3v) is 4.93. The normalized spacial score (nSPS) is 11.0. The molecule has 0 aliphatic rings. The Morgan fingerprint density at radius 1 is 1.08 bits per heavy atom. The van der Waals surface area contributed by atoms with E-state index in [0.29, 0.717) is 23.0 Å². The molecule has 0 bridgehead atoms. The Kier molecular flexibility index (Phi) is 5.31. The average Bonchev–Trinajstić information content (AvgIpc) is 3.05. The second-order valence-corrected chi connectivity index (χ2v) is 6.93. The molecule has 0 atom stereocenters. The largest absolute Gasteiger partial charge is 0.496 e. The van der Waals surface area contributed by atoms with E-state index < -0.39 is 0 Å². The third kappa shape index (κ3) is 3.81. The number of ether oxygens (including phenoxy) is 1. The summed E-state index contributed by atoms with van der Waals surface area (Å²) in [4.78, 5) is 21.7. The SMILES string of the molecule is COc1ccccc1C(=O)N(CCN(C)C)c1nc2ccccc2s1. The zero-order valence-corrected chi connectivity index (χ0v) is 15.4. The first-order valence-corrected chi connectivity index (χ1v) is 8.87. The molecule has 1 aromatic heterocycles. The summed E-state index contributed by atoms with van der Waals surface area (Å²) in [7, 11) is 5.56. The number of hydrogen-bond donors (Lipinski definition) is 0. The maximum absolute atomic E-state index is 13.2. The van der Waals surface area contributed by atoms with Crippen LogP contribution in [0.5, 0.6) is 5.75 Å². The summed E-state index contributed by atoms with van der Waals surface area (Å²) in [5.41, 5.74) is 1.45. The molecule has 3 aromatic rings. The van der Waals surface area contributed by atoms with Crippen molar-refractivity contribution in [1.29, 1.82) is 0 Å². The van der Waals surface area contributed by atoms with Crippen molar-refractivity contribution in [3.8, 4) is 5.75 Å². The first kappa shape index (κ1) is 17.4. The molecular formula is C19H21N3O2S. The van der Waals surface area contributed by atoms with Gasteiger partial charge in [0.1, 0.15) is 5.75 Å². The van der Waals surface area contributed by atoms with Crippen molar-refractivity contribution in [1.82, 2.24) is 9.88 Å². The quantitative estimate of drug-likeness (QED) is 0.679. The highest BCUT2D eigenvalue weighted by Crippen LogP contribution is 2.30. The fourth-order valence-corrected chi connectivity index (χ4v) is 3.52. The molecule has 130 valence electrons. The number of amides is 1. The number of likely N-dealkylation sites (N-methyl/N-ethyl adjacent to an activating group) is 1. The summed E-state index contributed by atoms with van der Waals surface area (Å²) in [6, 6.07) is 15.2. The van der Waals surface area contributed by atoms with Crippen molar-refractivity contribution in [2.75, 3.05) is 39.2 Å². The Bertz CT molecular complexity index is 843. The summed E-state index contributed by atoms with van der Waals surface area (Å²) in [6.07, 6.45) is 0. The van der Waals surface area contributed by atoms with E-state index in [2.05, 4.69) is 9.88 Å². The number of nitrogens with zero attached hydrogens (tertiary/aromatic N) is 3. The fourth-order valence-electron chi connectivity index (χ4n) is 2.53. The predicted molar refractivity (Wildman–Crippen MR) is 103 cm³/mol. The molecule has 0 saturated heterocycles. The third-order valence-electron chi connectivity index (χ3n) is 3.87. The number of carbonyl (C=O) groups excluding carboxylic acids is 1. The Morgan fingerprint density at radius 3 is 2.52 bits per heavy atom. The smallest absolute Gasteiger partial charge is 0.263 e. The van der Waals surface area contributed by atoms with E-state index in [0.717, 1.165) is 16.8 Å². The average molecular weight is 355 g/mol. The lowest BCUT2D eigenvalue weighted by atomic mass is 10.1. The molecule has 25 heavy (non-hydrogen) atoms. The van der Waals surface area contributed by atoms with Gasteiger partial charge in [-0.05, 0) is 38.4 Å². The van der Waals surface area contributed by atoms with Gasteiger partial charge >= 0.3 is 0 Å². The molecule has 0 unspecified atom stereocenters. The molecule has 0 N–H and O–H groups in total. The minimum Gasteiger partial charge on any atom is -0.496 e. The van der Waals surface area contributed by atoms with E-state index in [4.69, 9.17) is 4.74 Å². The van der Waals surface area contributed by atoms with E-state index in [1.807, 2.05) is 50.5 Å². The van der Waals surface area contributed by atoms with Gasteiger partial charge in [-0.2, -0.15) is 0 Å². The standard InChI is InChI=1S/C19H21N3O2S/c1-21(2)12-13-22(18(23)14-8-4-6-10-16(14)24-3)19-20-15-9-5-7-11-17(15)25-19/h4-11H,12-13H2,1-3H3. The maximum atomic E-state index is 13.2. The van der Waals surface area contributed by atoms with Gasteiger partial charge in [0.15, 0.2) is 5.13 Å². The second kappa shape index (κ2) is 7.63. The van der Waals surface area contributed by atoms with E-state index in [-0.39, 0.29) is 5.91 Å². The van der Waals surface area contributed by atoms with Crippen LogP contribution in [0.25, 0.3) is 10.2 Å². The summed E-state index contributed by atoms with van der Waals surface area (Å²) in [5, 5.41) is 0.707. The molecule has 2 aromatic carbocycles. The van der Waals surface area contributed by atoms with Crippen LogP contribution in [0.4, 0.5) is 5.13 Å². The number of aromatic nitrogens is 1. The van der Waals surface area contributed by atoms with Gasteiger partial charge in [0, 0.05) is 13.1 Å². The topological polar surface area (TPSA) is 45.7 Å². The van der Waals surface area contributed by atoms with Gasteiger partial charge in [0.05, 0.1) is 22.9 Å². The molecule has 3 rings (SSSR count). The van der Waals surface area contributed by atoms with Gasteiger partial charge in [-0.3, -0.25) is 9.69 Å². The van der Waals surface area contributed by atoms with Gasteiger partial charge in [-0.25, -0.2) is 4.98 Å². The molecule has 6 heteroatoms. The van der Waals surface area contributed by atoms with Crippen LogP contribution in [-0.4, -0.2) is 50.1 Å². The van der Waals surface area contributed by atoms with E-state index in [9.17, 15) is 4.79 Å². The number of para-hydroxylation sites is 2. The lowest BCUT2D eigenvalue weighted by Gasteiger charge is -2.22. The van der Waals surface area contributed by atoms with E-state index in [1.165, 1.54) is 11.3 Å². The van der Waals surface area contributed by atoms with Crippen LogP contribution in [0.15, 0.2) is 48.5 Å². The molecule has 0 fully saturated rings. The van der Waals surface area contributed by atoms with Gasteiger partial charge in [-0.15, -0.1) is 0 Å². The molecule has 5 nitrogen and oxygen atoms in total. The first-order chi connectivity index (χ1) is 12.1. The predicted octanol–water partition coefficient (Wildman–Crippen LogP) is 3.51. The Labute approximate surface area is 151 Å². The van der Waals surface area contributed by atoms with Gasteiger partial charge in [0.2, 0.25) is 0 Å². The van der Waals surface area contributed by atoms with Gasteiger partial charge in [-0.1, -0.05) is 35.6 Å². The number of hydrogen-bond acceptors (Lipinski definition) is 5. The highest BCUT2D eigenvalue weighted by molar-refractivity contribution is 7.22. The Balaban J connectivity index is 2.00. The summed E-state index contributed by atoms with van der Waals surface area (Å²) < 4.78 is 6.43. The number of benzene rings is 2. The highest BCUT2D eigenvalue weighted by atomic mass is 32.1. The van der Waals surface area contributed by atoms with Crippen molar-refractivity contribution in [2.45, 2.75) is 0 Å². The van der Waals surface area contributed by atoms with E-state index in [1.54, 1.807) is 24.1 Å². The monoisotopic (exact) mass is 355 g/mol. The van der Waals surface area contributed by atoms with Crippen LogP contribution in [0.2, 0.25) is 0 Å². The molecule has 0 radical (unpaired) electrons. The van der Waals surface area contributed by atoms with Crippen LogP contribution >= 0.6 is 11.3 Å². The van der Waals surface area contributed by atoms with Crippen LogP contribution in [-0.2, 0) is 0 Å². The molecule has 0 aliphatic heterocycles.